The lowest BCUT2D eigenvalue weighted by Gasteiger charge is -2.20. The minimum atomic E-state index is 0.303. The first-order chi connectivity index (χ1) is 8.19. The molecule has 1 atom stereocenters. The van der Waals surface area contributed by atoms with Crippen molar-refractivity contribution >= 4 is 15.9 Å². The first-order valence-electron chi connectivity index (χ1n) is 5.77. The molecule has 0 amide bonds. The topological polar surface area (TPSA) is 30.5 Å². The summed E-state index contributed by atoms with van der Waals surface area (Å²) >= 11 is 3.52. The summed E-state index contributed by atoms with van der Waals surface area (Å²) in [6.45, 7) is 2.18. The van der Waals surface area contributed by atoms with Gasteiger partial charge >= 0.3 is 0 Å². The van der Waals surface area contributed by atoms with Gasteiger partial charge in [-0.15, -0.1) is 0 Å². The second-order valence-electron chi connectivity index (χ2n) is 3.83. The fourth-order valence-corrected chi connectivity index (χ4v) is 2.62. The fourth-order valence-electron chi connectivity index (χ4n) is 1.94. The van der Waals surface area contributed by atoms with Crippen LogP contribution in [-0.4, -0.2) is 21.3 Å². The van der Waals surface area contributed by atoms with Crippen LogP contribution in [0.25, 0.3) is 0 Å². The monoisotopic (exact) mass is 301 g/mol. The van der Waals surface area contributed by atoms with Crippen molar-refractivity contribution in [2.24, 2.45) is 0 Å². The summed E-state index contributed by atoms with van der Waals surface area (Å²) in [5.74, 6) is 1.63. The Balaban J connectivity index is 3.18. The predicted molar refractivity (Wildman–Crippen MR) is 74.0 cm³/mol. The van der Waals surface area contributed by atoms with Crippen LogP contribution in [-0.2, 0) is 0 Å². The molecular formula is C13H20BrNO2. The van der Waals surface area contributed by atoms with Crippen LogP contribution in [0.3, 0.4) is 0 Å². The van der Waals surface area contributed by atoms with Gasteiger partial charge in [0.15, 0.2) is 0 Å². The number of halogens is 1. The number of methoxy groups -OCH3 is 2. The van der Waals surface area contributed by atoms with Crippen LogP contribution in [0.15, 0.2) is 16.6 Å². The maximum atomic E-state index is 5.48. The lowest BCUT2D eigenvalue weighted by atomic mass is 10.0. The molecule has 0 bridgehead atoms. The van der Waals surface area contributed by atoms with Crippen LogP contribution in [0.5, 0.6) is 11.5 Å². The summed E-state index contributed by atoms with van der Waals surface area (Å²) in [4.78, 5) is 0. The number of rotatable bonds is 6. The molecule has 0 fully saturated rings. The van der Waals surface area contributed by atoms with E-state index in [1.165, 1.54) is 0 Å². The lowest BCUT2D eigenvalue weighted by Crippen LogP contribution is -2.17. The van der Waals surface area contributed by atoms with Crippen molar-refractivity contribution in [3.8, 4) is 11.5 Å². The zero-order valence-corrected chi connectivity index (χ0v) is 12.4. The maximum absolute atomic E-state index is 5.48. The Morgan fingerprint density at radius 2 is 2.00 bits per heavy atom. The van der Waals surface area contributed by atoms with Crippen molar-refractivity contribution in [1.29, 1.82) is 0 Å². The Bertz CT molecular complexity index is 369. The molecule has 0 aromatic heterocycles. The summed E-state index contributed by atoms with van der Waals surface area (Å²) in [6.07, 6.45) is 2.20. The van der Waals surface area contributed by atoms with Crippen molar-refractivity contribution in [2.45, 2.75) is 25.8 Å². The standard InChI is InChI=1S/C13H20BrNO2/c1-5-6-10(15-2)9-7-8-11(16-3)12(14)13(9)17-4/h7-8,10,15H,5-6H2,1-4H3. The third kappa shape index (κ3) is 3.13. The van der Waals surface area contributed by atoms with Gasteiger partial charge < -0.3 is 14.8 Å². The third-order valence-electron chi connectivity index (χ3n) is 2.82. The molecule has 96 valence electrons. The number of nitrogens with one attached hydrogen (secondary N) is 1. The third-order valence-corrected chi connectivity index (χ3v) is 3.57. The lowest BCUT2D eigenvalue weighted by molar-refractivity contribution is 0.379. The van der Waals surface area contributed by atoms with Crippen molar-refractivity contribution in [1.82, 2.24) is 5.32 Å². The van der Waals surface area contributed by atoms with Crippen LogP contribution in [0.4, 0.5) is 0 Å². The Kier molecular flexibility index (Phi) is 5.78. The molecular weight excluding hydrogens is 282 g/mol. The van der Waals surface area contributed by atoms with Gasteiger partial charge in [-0.05, 0) is 41.5 Å². The SMILES string of the molecule is CCCC(NC)c1ccc(OC)c(Br)c1OC. The molecule has 1 unspecified atom stereocenters. The van der Waals surface area contributed by atoms with Crippen LogP contribution < -0.4 is 14.8 Å². The van der Waals surface area contributed by atoms with Crippen LogP contribution >= 0.6 is 15.9 Å². The molecule has 0 spiro atoms. The highest BCUT2D eigenvalue weighted by atomic mass is 79.9. The molecule has 1 N–H and O–H groups in total. The van der Waals surface area contributed by atoms with Gasteiger partial charge in [0, 0.05) is 11.6 Å². The van der Waals surface area contributed by atoms with Gasteiger partial charge in [-0.1, -0.05) is 13.3 Å². The quantitative estimate of drug-likeness (QED) is 0.872. The number of benzene rings is 1. The summed E-state index contributed by atoms with van der Waals surface area (Å²) in [7, 11) is 5.31. The smallest absolute Gasteiger partial charge is 0.141 e. The van der Waals surface area contributed by atoms with E-state index in [2.05, 4.69) is 34.2 Å². The second kappa shape index (κ2) is 6.87. The van der Waals surface area contributed by atoms with Crippen LogP contribution in [0, 0.1) is 0 Å². The Morgan fingerprint density at radius 3 is 2.47 bits per heavy atom. The van der Waals surface area contributed by atoms with Crippen LogP contribution in [0.1, 0.15) is 31.4 Å². The molecule has 0 aliphatic heterocycles. The molecule has 0 saturated heterocycles. The Labute approximate surface area is 112 Å². The van der Waals surface area contributed by atoms with Gasteiger partial charge in [-0.3, -0.25) is 0 Å². The number of hydrogen-bond donors (Lipinski definition) is 1. The zero-order chi connectivity index (χ0) is 12.8. The van der Waals surface area contributed by atoms with Gasteiger partial charge in [-0.25, -0.2) is 0 Å². The van der Waals surface area contributed by atoms with Gasteiger partial charge in [0.05, 0.1) is 14.2 Å². The van der Waals surface area contributed by atoms with E-state index in [1.54, 1.807) is 14.2 Å². The van der Waals surface area contributed by atoms with E-state index in [4.69, 9.17) is 9.47 Å². The first kappa shape index (κ1) is 14.3. The number of ether oxygens (including phenoxy) is 2. The van der Waals surface area contributed by atoms with E-state index in [-0.39, 0.29) is 0 Å². The Hall–Kier alpha value is -0.740. The Morgan fingerprint density at radius 1 is 1.29 bits per heavy atom. The van der Waals surface area contributed by atoms with Gasteiger partial charge in [-0.2, -0.15) is 0 Å². The highest BCUT2D eigenvalue weighted by Crippen LogP contribution is 2.40. The minimum Gasteiger partial charge on any atom is -0.495 e. The summed E-state index contributed by atoms with van der Waals surface area (Å²) in [6, 6.07) is 4.32. The van der Waals surface area contributed by atoms with Crippen molar-refractivity contribution < 1.29 is 9.47 Å². The molecule has 1 aromatic rings. The molecule has 0 heterocycles. The minimum absolute atomic E-state index is 0.303. The molecule has 3 nitrogen and oxygen atoms in total. The van der Waals surface area contributed by atoms with Gasteiger partial charge in [0.25, 0.3) is 0 Å². The van der Waals surface area contributed by atoms with Gasteiger partial charge in [0.2, 0.25) is 0 Å². The first-order valence-corrected chi connectivity index (χ1v) is 6.56. The molecule has 4 heteroatoms. The zero-order valence-electron chi connectivity index (χ0n) is 10.8. The molecule has 0 aliphatic rings. The predicted octanol–water partition coefficient (Wildman–Crippen LogP) is 3.53. The summed E-state index contributed by atoms with van der Waals surface area (Å²) in [5.41, 5.74) is 1.16. The maximum Gasteiger partial charge on any atom is 0.141 e. The van der Waals surface area contributed by atoms with E-state index >= 15 is 0 Å². The largest absolute Gasteiger partial charge is 0.495 e. The van der Waals surface area contributed by atoms with E-state index in [9.17, 15) is 0 Å². The number of hydrogen-bond acceptors (Lipinski definition) is 3. The molecule has 0 aliphatic carbocycles. The van der Waals surface area contributed by atoms with E-state index in [0.29, 0.717) is 6.04 Å². The molecule has 1 aromatic carbocycles. The summed E-state index contributed by atoms with van der Waals surface area (Å²) in [5, 5.41) is 3.32. The highest BCUT2D eigenvalue weighted by molar-refractivity contribution is 9.10. The van der Waals surface area contributed by atoms with E-state index in [0.717, 1.165) is 34.4 Å². The average Bonchev–Trinajstić information content (AvgIpc) is 2.35. The van der Waals surface area contributed by atoms with Gasteiger partial charge in [0.1, 0.15) is 16.0 Å². The van der Waals surface area contributed by atoms with Crippen molar-refractivity contribution in [3.63, 3.8) is 0 Å². The van der Waals surface area contributed by atoms with Crippen molar-refractivity contribution in [2.75, 3.05) is 21.3 Å². The fraction of sp³-hybridized carbons (Fsp3) is 0.538. The summed E-state index contributed by atoms with van der Waals surface area (Å²) < 4.78 is 11.6. The molecule has 0 saturated carbocycles. The average molecular weight is 302 g/mol. The molecule has 0 radical (unpaired) electrons. The second-order valence-corrected chi connectivity index (χ2v) is 4.63. The molecule has 1 rings (SSSR count). The van der Waals surface area contributed by atoms with E-state index < -0.39 is 0 Å². The van der Waals surface area contributed by atoms with Crippen molar-refractivity contribution in [3.05, 3.63) is 22.2 Å². The highest BCUT2D eigenvalue weighted by Gasteiger charge is 2.18. The van der Waals surface area contributed by atoms with Crippen LogP contribution in [0.2, 0.25) is 0 Å². The van der Waals surface area contributed by atoms with E-state index in [1.807, 2.05) is 13.1 Å². The normalized spacial score (nSPS) is 12.3. The molecule has 17 heavy (non-hydrogen) atoms.